The topological polar surface area (TPSA) is 40.0 Å². The molecule has 0 saturated carbocycles. The van der Waals surface area contributed by atoms with Crippen molar-refractivity contribution >= 4 is 26.5 Å². The third kappa shape index (κ3) is 2.37. The molecular weight excluding hydrogens is 253 g/mol. The minimum Gasteiger partial charge on any atom is -0.164 e. The Labute approximate surface area is 106 Å². The molecule has 0 spiro atoms. The average Bonchev–Trinajstić information content (AvgIpc) is 2.37. The van der Waals surface area contributed by atoms with E-state index >= 15 is 0 Å². The zero-order chi connectivity index (χ0) is 13.2. The molecule has 0 aromatic heterocycles. The number of nitrogens with zero attached hydrogens (tertiary/aromatic N) is 1. The molecule has 3 nitrogen and oxygen atoms in total. The van der Waals surface area contributed by atoms with Crippen molar-refractivity contribution in [1.29, 1.82) is 0 Å². The summed E-state index contributed by atoms with van der Waals surface area (Å²) in [7, 11) is -3.89. The molecule has 2 rings (SSSR count). The summed E-state index contributed by atoms with van der Waals surface area (Å²) in [6.07, 6.45) is 0.382. The summed E-state index contributed by atoms with van der Waals surface area (Å²) in [6.45, 7) is 1.70. The van der Waals surface area contributed by atoms with Gasteiger partial charge in [-0.15, -0.1) is 0 Å². The van der Waals surface area contributed by atoms with Gasteiger partial charge < -0.3 is 0 Å². The van der Waals surface area contributed by atoms with E-state index in [4.69, 9.17) is 0 Å². The first-order valence-corrected chi connectivity index (χ1v) is 7.33. The average molecular weight is 267 g/mol. The Morgan fingerprint density at radius 3 is 2.50 bits per heavy atom. The van der Waals surface area contributed by atoms with E-state index in [2.05, 4.69) is 0 Å². The minimum atomic E-state index is -3.89. The Morgan fingerprint density at radius 2 is 1.78 bits per heavy atom. The van der Waals surface area contributed by atoms with Gasteiger partial charge in [-0.2, -0.15) is 8.42 Å². The van der Waals surface area contributed by atoms with E-state index in [0.29, 0.717) is 11.8 Å². The monoisotopic (exact) mass is 267 g/mol. The fraction of sp³-hybridized carbons (Fsp3) is 0.231. The molecule has 18 heavy (non-hydrogen) atoms. The molecule has 0 aliphatic heterocycles. The highest BCUT2D eigenvalue weighted by Gasteiger charge is 2.38. The van der Waals surface area contributed by atoms with Crippen molar-refractivity contribution in [2.75, 3.05) is 5.75 Å². The SMILES string of the molecule is CCCS(=O)(=O)[N+](F)c1cccc2ccccc12. The molecule has 0 atom stereocenters. The summed E-state index contributed by atoms with van der Waals surface area (Å²) < 4.78 is 37.4. The number of rotatable bonds is 4. The third-order valence-electron chi connectivity index (χ3n) is 2.66. The molecular formula is C13H14FNO2S+. The lowest BCUT2D eigenvalue weighted by Gasteiger charge is -2.02. The van der Waals surface area contributed by atoms with Crippen molar-refractivity contribution in [3.63, 3.8) is 0 Å². The summed E-state index contributed by atoms with van der Waals surface area (Å²) in [6, 6.07) is 12.0. The zero-order valence-electron chi connectivity index (χ0n) is 10.0. The lowest BCUT2D eigenvalue weighted by molar-refractivity contribution is 0.324. The molecule has 95 valence electrons. The van der Waals surface area contributed by atoms with Gasteiger partial charge in [-0.25, -0.2) is 0 Å². The number of halogens is 1. The van der Waals surface area contributed by atoms with Crippen LogP contribution in [0.1, 0.15) is 13.3 Å². The highest BCUT2D eigenvalue weighted by atomic mass is 32.2. The quantitative estimate of drug-likeness (QED) is 0.798. The molecule has 0 N–H and O–H groups in total. The third-order valence-corrected chi connectivity index (χ3v) is 4.27. The zero-order valence-corrected chi connectivity index (χ0v) is 10.8. The van der Waals surface area contributed by atoms with Gasteiger partial charge in [-0.05, 0) is 17.9 Å². The summed E-state index contributed by atoms with van der Waals surface area (Å²) in [5.41, 5.74) is 0.0709. The highest BCUT2D eigenvalue weighted by molar-refractivity contribution is 7.90. The molecule has 0 saturated heterocycles. The standard InChI is InChI=1S/C13H14FNO2S/c1-2-10-18(16,17)15(14)13-9-5-7-11-6-3-4-8-12(11)13/h3-9H,2,10H2,1H3/q+1. The van der Waals surface area contributed by atoms with Crippen molar-refractivity contribution in [3.8, 4) is 0 Å². The number of sulfonamides is 1. The van der Waals surface area contributed by atoms with Crippen LogP contribution in [0.5, 0.6) is 0 Å². The van der Waals surface area contributed by atoms with Gasteiger partial charge in [0.2, 0.25) is 4.53 Å². The molecule has 0 unspecified atom stereocenters. The van der Waals surface area contributed by atoms with E-state index in [-0.39, 0.29) is 16.0 Å². The van der Waals surface area contributed by atoms with Crippen molar-refractivity contribution in [2.45, 2.75) is 13.3 Å². The molecule has 2 aromatic carbocycles. The van der Waals surface area contributed by atoms with Gasteiger partial charge in [0.25, 0.3) is 5.69 Å². The summed E-state index contributed by atoms with van der Waals surface area (Å²) in [5, 5.41) is 1.39. The van der Waals surface area contributed by atoms with Crippen LogP contribution in [0.25, 0.3) is 10.8 Å². The maximum atomic E-state index is 14.1. The Morgan fingerprint density at radius 1 is 1.11 bits per heavy atom. The maximum absolute atomic E-state index is 14.1. The van der Waals surface area contributed by atoms with E-state index < -0.39 is 10.0 Å². The van der Waals surface area contributed by atoms with E-state index in [1.165, 1.54) is 6.07 Å². The summed E-state index contributed by atoms with van der Waals surface area (Å²) in [4.78, 5) is 0. The van der Waals surface area contributed by atoms with Crippen LogP contribution in [0.2, 0.25) is 0 Å². The van der Waals surface area contributed by atoms with Gasteiger partial charge in [-0.3, -0.25) is 0 Å². The van der Waals surface area contributed by atoms with Crippen molar-refractivity contribution in [3.05, 3.63) is 42.5 Å². The Kier molecular flexibility index (Phi) is 3.63. The van der Waals surface area contributed by atoms with Gasteiger partial charge in [0.1, 0.15) is 5.75 Å². The normalized spacial score (nSPS) is 12.2. The lowest BCUT2D eigenvalue weighted by Crippen LogP contribution is -2.26. The van der Waals surface area contributed by atoms with Crippen molar-refractivity contribution < 1.29 is 12.9 Å². The lowest BCUT2D eigenvalue weighted by atomic mass is 10.1. The van der Waals surface area contributed by atoms with E-state index in [9.17, 15) is 12.9 Å². The molecule has 5 heteroatoms. The summed E-state index contributed by atoms with van der Waals surface area (Å²) >= 11 is 0. The van der Waals surface area contributed by atoms with E-state index in [1.807, 2.05) is 18.2 Å². The van der Waals surface area contributed by atoms with Crippen molar-refractivity contribution in [1.82, 2.24) is 4.53 Å². The molecule has 0 aliphatic rings. The van der Waals surface area contributed by atoms with Crippen LogP contribution in [-0.2, 0) is 10.0 Å². The van der Waals surface area contributed by atoms with Crippen molar-refractivity contribution in [2.24, 2.45) is 0 Å². The fourth-order valence-electron chi connectivity index (χ4n) is 1.85. The second kappa shape index (κ2) is 5.04. The Balaban J connectivity index is 2.55. The number of hydrogen-bond acceptors (Lipinski definition) is 2. The largest absolute Gasteiger partial charge is 0.387 e. The second-order valence-corrected chi connectivity index (χ2v) is 5.92. The number of fused-ring (bicyclic) bond motifs is 1. The van der Waals surface area contributed by atoms with Gasteiger partial charge in [0.05, 0.1) is 9.87 Å². The van der Waals surface area contributed by atoms with Crippen LogP contribution in [0, 0.1) is 0 Å². The highest BCUT2D eigenvalue weighted by Crippen LogP contribution is 2.28. The van der Waals surface area contributed by atoms with Gasteiger partial charge in [0.15, 0.2) is 0 Å². The van der Waals surface area contributed by atoms with Crippen LogP contribution >= 0.6 is 0 Å². The molecule has 2 aromatic rings. The van der Waals surface area contributed by atoms with E-state index in [0.717, 1.165) is 5.39 Å². The Hall–Kier alpha value is -1.46. The van der Waals surface area contributed by atoms with Crippen LogP contribution in [0.4, 0.5) is 10.2 Å². The fourth-order valence-corrected chi connectivity index (χ4v) is 2.98. The maximum Gasteiger partial charge on any atom is 0.387 e. The molecule has 0 bridgehead atoms. The van der Waals surface area contributed by atoms with Crippen LogP contribution in [0.15, 0.2) is 42.5 Å². The molecule has 0 aliphatic carbocycles. The van der Waals surface area contributed by atoms with Crippen LogP contribution in [0.3, 0.4) is 0 Å². The smallest absolute Gasteiger partial charge is 0.164 e. The van der Waals surface area contributed by atoms with E-state index in [1.54, 1.807) is 25.1 Å². The minimum absolute atomic E-state index is 0.0709. The Bertz CT molecular complexity index is 650. The first-order valence-electron chi connectivity index (χ1n) is 5.73. The number of hydrogen-bond donors (Lipinski definition) is 0. The number of benzene rings is 2. The molecule has 0 fully saturated rings. The van der Waals surface area contributed by atoms with Crippen LogP contribution < -0.4 is 4.53 Å². The van der Waals surface area contributed by atoms with Gasteiger partial charge >= 0.3 is 10.0 Å². The molecule has 0 amide bonds. The summed E-state index contributed by atoms with van der Waals surface area (Å²) in [5.74, 6) is -0.202. The predicted molar refractivity (Wildman–Crippen MR) is 70.9 cm³/mol. The predicted octanol–water partition coefficient (Wildman–Crippen LogP) is 3.24. The molecule has 0 heterocycles. The number of anilines is 1. The molecule has 1 radical (unpaired) electrons. The first-order chi connectivity index (χ1) is 8.56. The second-order valence-electron chi connectivity index (χ2n) is 4.03. The van der Waals surface area contributed by atoms with Gasteiger partial charge in [0, 0.05) is 6.07 Å². The van der Waals surface area contributed by atoms with Gasteiger partial charge in [-0.1, -0.05) is 37.3 Å². The van der Waals surface area contributed by atoms with Crippen LogP contribution in [-0.4, -0.2) is 14.2 Å². The first kappa shape index (κ1) is 13.0.